The van der Waals surface area contributed by atoms with Crippen LogP contribution in [0.3, 0.4) is 0 Å². The number of nitrogens with zero attached hydrogens (tertiary/aromatic N) is 6. The number of fused-ring (bicyclic) bond motifs is 16. The summed E-state index contributed by atoms with van der Waals surface area (Å²) in [5, 5.41) is 8.15. The minimum Gasteiger partial charge on any atom is -0.309 e. The van der Waals surface area contributed by atoms with Crippen LogP contribution in [0, 0.1) is 0 Å². The Kier molecular flexibility index (Phi) is 4.75. The zero-order valence-electron chi connectivity index (χ0n) is 25.0. The average molecular weight is 601 g/mol. The van der Waals surface area contributed by atoms with Gasteiger partial charge < -0.3 is 9.13 Å². The fourth-order valence-corrected chi connectivity index (χ4v) is 7.93. The molecule has 0 spiro atoms. The number of rotatable bonds is 2. The second-order valence-electron chi connectivity index (χ2n) is 12.1. The molecule has 0 saturated carbocycles. The lowest BCUT2D eigenvalue weighted by Crippen LogP contribution is -1.95. The van der Waals surface area contributed by atoms with E-state index in [9.17, 15) is 0 Å². The number of aromatic nitrogens is 6. The van der Waals surface area contributed by atoms with Crippen molar-refractivity contribution in [2.75, 3.05) is 0 Å². The van der Waals surface area contributed by atoms with Crippen molar-refractivity contribution in [3.8, 4) is 11.4 Å². The molecule has 218 valence electrons. The first-order valence-corrected chi connectivity index (χ1v) is 15.8. The molecule has 6 aromatic heterocycles. The summed E-state index contributed by atoms with van der Waals surface area (Å²) in [6.45, 7) is 0. The molecule has 0 saturated heterocycles. The van der Waals surface area contributed by atoms with Gasteiger partial charge in [-0.2, -0.15) is 0 Å². The van der Waals surface area contributed by atoms with Crippen LogP contribution in [0.2, 0.25) is 0 Å². The Labute approximate surface area is 267 Å². The van der Waals surface area contributed by atoms with Gasteiger partial charge in [0, 0.05) is 62.3 Å². The van der Waals surface area contributed by atoms with Crippen LogP contribution in [0.5, 0.6) is 0 Å². The zero-order valence-corrected chi connectivity index (χ0v) is 25.0. The first-order chi connectivity index (χ1) is 23.4. The summed E-state index contributed by atoms with van der Waals surface area (Å²) in [4.78, 5) is 14.3. The van der Waals surface area contributed by atoms with Gasteiger partial charge in [-0.3, -0.25) is 14.4 Å². The predicted molar refractivity (Wildman–Crippen MR) is 192 cm³/mol. The number of hydrogen-bond donors (Lipinski definition) is 0. The number of benzene rings is 5. The van der Waals surface area contributed by atoms with Crippen LogP contribution in [0.15, 0.2) is 146 Å². The van der Waals surface area contributed by atoms with Crippen molar-refractivity contribution < 1.29 is 0 Å². The van der Waals surface area contributed by atoms with E-state index in [2.05, 4.69) is 139 Å². The number of imidazole rings is 1. The number of para-hydroxylation sites is 3. The summed E-state index contributed by atoms with van der Waals surface area (Å²) < 4.78 is 7.09. The number of hydrogen-bond acceptors (Lipinski definition) is 3. The van der Waals surface area contributed by atoms with Crippen LogP contribution in [0.1, 0.15) is 0 Å². The van der Waals surface area contributed by atoms with E-state index in [-0.39, 0.29) is 0 Å². The van der Waals surface area contributed by atoms with E-state index in [1.54, 1.807) is 0 Å². The molecule has 6 heteroatoms. The molecule has 6 heterocycles. The Hall–Kier alpha value is -6.53. The van der Waals surface area contributed by atoms with Gasteiger partial charge in [0.1, 0.15) is 5.65 Å². The highest BCUT2D eigenvalue weighted by Crippen LogP contribution is 2.45. The van der Waals surface area contributed by atoms with Crippen molar-refractivity contribution in [1.82, 2.24) is 28.5 Å². The standard InChI is InChI=1S/C41H24N6/c1-3-9-25(10-4-1)45-32-14-8-7-13-28(32)38-35(45)18-16-29-37-34(46(40(29)38)26-11-5-2-6-12-26)17-15-27-30-23-42-22-20-33(30)47-36-24-43-21-19-31(36)44-41(47)39(27)37/h1-24H. The highest BCUT2D eigenvalue weighted by Gasteiger charge is 2.24. The van der Waals surface area contributed by atoms with Crippen molar-refractivity contribution >= 4 is 82.0 Å². The van der Waals surface area contributed by atoms with Gasteiger partial charge >= 0.3 is 0 Å². The highest BCUT2D eigenvalue weighted by molar-refractivity contribution is 6.34. The lowest BCUT2D eigenvalue weighted by atomic mass is 10.0. The fourth-order valence-electron chi connectivity index (χ4n) is 7.93. The molecule has 0 aliphatic rings. The summed E-state index contributed by atoms with van der Waals surface area (Å²) in [7, 11) is 0. The van der Waals surface area contributed by atoms with E-state index in [0.717, 1.165) is 55.2 Å². The molecular weight excluding hydrogens is 576 g/mol. The van der Waals surface area contributed by atoms with Crippen molar-refractivity contribution in [3.63, 3.8) is 0 Å². The largest absolute Gasteiger partial charge is 0.309 e. The molecule has 0 amide bonds. The smallest absolute Gasteiger partial charge is 0.147 e. The second-order valence-corrected chi connectivity index (χ2v) is 12.1. The predicted octanol–water partition coefficient (Wildman–Crippen LogP) is 9.78. The third kappa shape index (κ3) is 3.16. The first-order valence-electron chi connectivity index (χ1n) is 15.8. The quantitative estimate of drug-likeness (QED) is 0.186. The highest BCUT2D eigenvalue weighted by atomic mass is 15.0. The Morgan fingerprint density at radius 3 is 1.91 bits per heavy atom. The molecule has 0 aliphatic heterocycles. The van der Waals surface area contributed by atoms with Gasteiger partial charge in [0.15, 0.2) is 0 Å². The third-order valence-electron chi connectivity index (χ3n) is 9.77. The Bertz CT molecular complexity index is 3060. The molecule has 0 unspecified atom stereocenters. The van der Waals surface area contributed by atoms with Crippen LogP contribution in [0.25, 0.3) is 93.3 Å². The Morgan fingerprint density at radius 2 is 1.09 bits per heavy atom. The Morgan fingerprint density at radius 1 is 0.404 bits per heavy atom. The molecule has 11 aromatic rings. The molecule has 0 fully saturated rings. The first kappa shape index (κ1) is 24.8. The van der Waals surface area contributed by atoms with Crippen molar-refractivity contribution in [1.29, 1.82) is 0 Å². The molecule has 0 aliphatic carbocycles. The molecule has 47 heavy (non-hydrogen) atoms. The maximum absolute atomic E-state index is 5.28. The topological polar surface area (TPSA) is 52.9 Å². The SMILES string of the molecule is c1ccc(-n2c3ccccc3c3c2ccc2c4c5c(ccc4n(-c4ccccc4)c23)c2cnccc2n2c3cnccc3nc52)cc1. The Balaban J connectivity index is 1.45. The van der Waals surface area contributed by atoms with Gasteiger partial charge in [-0.15, -0.1) is 0 Å². The van der Waals surface area contributed by atoms with Crippen LogP contribution in [-0.2, 0) is 0 Å². The van der Waals surface area contributed by atoms with Gasteiger partial charge in [-0.1, -0.05) is 66.7 Å². The van der Waals surface area contributed by atoms with Crippen LogP contribution >= 0.6 is 0 Å². The molecule has 0 radical (unpaired) electrons. The van der Waals surface area contributed by atoms with E-state index in [1.165, 1.54) is 38.1 Å². The molecule has 6 nitrogen and oxygen atoms in total. The van der Waals surface area contributed by atoms with Gasteiger partial charge in [-0.05, 0) is 60.0 Å². The second kappa shape index (κ2) is 9.02. The van der Waals surface area contributed by atoms with Gasteiger partial charge in [-0.25, -0.2) is 4.98 Å². The van der Waals surface area contributed by atoms with E-state index in [1.807, 2.05) is 30.9 Å². The summed E-state index contributed by atoms with van der Waals surface area (Å²) in [5.74, 6) is 0. The van der Waals surface area contributed by atoms with E-state index < -0.39 is 0 Å². The lowest BCUT2D eigenvalue weighted by Gasteiger charge is -2.11. The summed E-state index contributed by atoms with van der Waals surface area (Å²) in [6, 6.07) is 43.4. The van der Waals surface area contributed by atoms with E-state index in [0.29, 0.717) is 0 Å². The van der Waals surface area contributed by atoms with E-state index in [4.69, 9.17) is 4.98 Å². The van der Waals surface area contributed by atoms with Crippen LogP contribution in [-0.4, -0.2) is 28.5 Å². The molecule has 0 atom stereocenters. The van der Waals surface area contributed by atoms with Gasteiger partial charge in [0.2, 0.25) is 0 Å². The summed E-state index contributed by atoms with van der Waals surface area (Å²) >= 11 is 0. The average Bonchev–Trinajstić information content (AvgIpc) is 3.80. The van der Waals surface area contributed by atoms with Crippen molar-refractivity contribution in [3.05, 3.63) is 146 Å². The molecule has 0 bridgehead atoms. The maximum Gasteiger partial charge on any atom is 0.147 e. The minimum absolute atomic E-state index is 0.919. The maximum atomic E-state index is 5.28. The van der Waals surface area contributed by atoms with Crippen LogP contribution in [0.4, 0.5) is 0 Å². The molecule has 5 aromatic carbocycles. The fraction of sp³-hybridized carbons (Fsp3) is 0. The monoisotopic (exact) mass is 600 g/mol. The van der Waals surface area contributed by atoms with Crippen LogP contribution < -0.4 is 0 Å². The van der Waals surface area contributed by atoms with Gasteiger partial charge in [0.25, 0.3) is 0 Å². The van der Waals surface area contributed by atoms with Gasteiger partial charge in [0.05, 0.1) is 44.8 Å². The van der Waals surface area contributed by atoms with Crippen molar-refractivity contribution in [2.45, 2.75) is 0 Å². The summed E-state index contributed by atoms with van der Waals surface area (Å²) in [6.07, 6.45) is 7.56. The molecule has 0 N–H and O–H groups in total. The lowest BCUT2D eigenvalue weighted by molar-refractivity contribution is 1.17. The molecule has 11 rings (SSSR count). The zero-order chi connectivity index (χ0) is 30.6. The summed E-state index contributed by atoms with van der Waals surface area (Å²) in [5.41, 5.74) is 10.8. The van der Waals surface area contributed by atoms with Crippen molar-refractivity contribution in [2.24, 2.45) is 0 Å². The van der Waals surface area contributed by atoms with E-state index >= 15 is 0 Å². The number of pyridine rings is 3. The minimum atomic E-state index is 0.919. The molecular formula is C41H24N6. The third-order valence-corrected chi connectivity index (χ3v) is 9.77. The normalized spacial score (nSPS) is 12.3.